The average Bonchev–Trinajstić information content (AvgIpc) is 2.57. The molecule has 1 N–H and O–H groups in total. The van der Waals surface area contributed by atoms with Crippen molar-refractivity contribution in [1.82, 2.24) is 9.88 Å². The van der Waals surface area contributed by atoms with Crippen molar-refractivity contribution in [3.63, 3.8) is 0 Å². The molecule has 1 aliphatic heterocycles. The molecule has 0 aromatic carbocycles. The van der Waals surface area contributed by atoms with Crippen molar-refractivity contribution in [2.24, 2.45) is 0 Å². The minimum Gasteiger partial charge on any atom is -0.362 e. The lowest BCUT2D eigenvalue weighted by Crippen LogP contribution is -2.10. The van der Waals surface area contributed by atoms with E-state index in [-0.39, 0.29) is 0 Å². The maximum absolute atomic E-state index is 4.13. The van der Waals surface area contributed by atoms with Gasteiger partial charge in [0.25, 0.3) is 0 Å². The van der Waals surface area contributed by atoms with Crippen molar-refractivity contribution in [2.75, 3.05) is 0 Å². The van der Waals surface area contributed by atoms with Crippen LogP contribution in [0.15, 0.2) is 31.1 Å². The molecule has 1 aromatic heterocycles. The summed E-state index contributed by atoms with van der Waals surface area (Å²) >= 11 is 0. The Kier molecular flexibility index (Phi) is 3.23. The molecule has 2 nitrogen and oxygen atoms in total. The standard InChI is InChI=1S/C15H20N2/c1-5-6-11(2)9-17-10-12(3)15-13(4)16-8-7-14(15)17/h7-8,10,16H,2,4-6,9H2,1,3H3. The van der Waals surface area contributed by atoms with Gasteiger partial charge in [-0.05, 0) is 25.0 Å². The first-order chi connectivity index (χ1) is 8.13. The van der Waals surface area contributed by atoms with Crippen molar-refractivity contribution in [3.05, 3.63) is 47.9 Å². The summed E-state index contributed by atoms with van der Waals surface area (Å²) in [5, 5.41) is 3.16. The second-order valence-corrected chi connectivity index (χ2v) is 4.66. The van der Waals surface area contributed by atoms with Gasteiger partial charge in [-0.15, -0.1) is 0 Å². The lowest BCUT2D eigenvalue weighted by atomic mass is 10.1. The fourth-order valence-electron chi connectivity index (χ4n) is 2.38. The van der Waals surface area contributed by atoms with Gasteiger partial charge in [-0.1, -0.05) is 32.1 Å². The summed E-state index contributed by atoms with van der Waals surface area (Å²) in [4.78, 5) is 0. The summed E-state index contributed by atoms with van der Waals surface area (Å²) < 4.78 is 2.27. The second kappa shape index (κ2) is 4.66. The highest BCUT2D eigenvalue weighted by Gasteiger charge is 2.16. The zero-order valence-electron chi connectivity index (χ0n) is 10.7. The first kappa shape index (κ1) is 11.8. The molecule has 0 spiro atoms. The molecule has 0 atom stereocenters. The van der Waals surface area contributed by atoms with Gasteiger partial charge in [0, 0.05) is 30.2 Å². The highest BCUT2D eigenvalue weighted by Crippen LogP contribution is 2.27. The Morgan fingerprint density at radius 3 is 2.94 bits per heavy atom. The van der Waals surface area contributed by atoms with Crippen LogP contribution >= 0.6 is 0 Å². The van der Waals surface area contributed by atoms with Gasteiger partial charge in [0.2, 0.25) is 0 Å². The molecule has 0 aliphatic carbocycles. The Bertz CT molecular complexity index is 489. The summed E-state index contributed by atoms with van der Waals surface area (Å²) in [7, 11) is 0. The topological polar surface area (TPSA) is 17.0 Å². The number of hydrogen-bond acceptors (Lipinski definition) is 1. The molecule has 2 heteroatoms. The Balaban J connectivity index is 2.32. The smallest absolute Gasteiger partial charge is 0.0521 e. The molecule has 17 heavy (non-hydrogen) atoms. The van der Waals surface area contributed by atoms with Gasteiger partial charge in [-0.3, -0.25) is 0 Å². The van der Waals surface area contributed by atoms with E-state index in [1.165, 1.54) is 22.4 Å². The summed E-state index contributed by atoms with van der Waals surface area (Å²) in [6.07, 6.45) is 8.49. The van der Waals surface area contributed by atoms with Crippen molar-refractivity contribution < 1.29 is 0 Å². The predicted molar refractivity (Wildman–Crippen MR) is 74.4 cm³/mol. The predicted octanol–water partition coefficient (Wildman–Crippen LogP) is 3.70. The quantitative estimate of drug-likeness (QED) is 0.778. The molecule has 0 unspecified atom stereocenters. The van der Waals surface area contributed by atoms with Crippen LogP contribution in [0.4, 0.5) is 0 Å². The molecular weight excluding hydrogens is 208 g/mol. The molecule has 0 radical (unpaired) electrons. The molecule has 0 saturated carbocycles. The van der Waals surface area contributed by atoms with E-state index >= 15 is 0 Å². The largest absolute Gasteiger partial charge is 0.362 e. The second-order valence-electron chi connectivity index (χ2n) is 4.66. The van der Waals surface area contributed by atoms with Crippen LogP contribution < -0.4 is 5.32 Å². The Morgan fingerprint density at radius 1 is 1.47 bits per heavy atom. The van der Waals surface area contributed by atoms with Gasteiger partial charge in [0.05, 0.1) is 5.69 Å². The van der Waals surface area contributed by atoms with Gasteiger partial charge in [0.15, 0.2) is 0 Å². The van der Waals surface area contributed by atoms with E-state index in [0.717, 1.165) is 25.1 Å². The van der Waals surface area contributed by atoms with E-state index in [4.69, 9.17) is 0 Å². The van der Waals surface area contributed by atoms with Crippen LogP contribution in [-0.4, -0.2) is 4.57 Å². The normalized spacial score (nSPS) is 13.4. The van der Waals surface area contributed by atoms with Crippen LogP contribution in [0.3, 0.4) is 0 Å². The van der Waals surface area contributed by atoms with Crippen LogP contribution in [-0.2, 0) is 6.54 Å². The van der Waals surface area contributed by atoms with Crippen LogP contribution in [0.25, 0.3) is 11.8 Å². The molecule has 0 fully saturated rings. The van der Waals surface area contributed by atoms with Crippen molar-refractivity contribution in [1.29, 1.82) is 0 Å². The summed E-state index contributed by atoms with van der Waals surface area (Å²) in [5.41, 5.74) is 6.01. The summed E-state index contributed by atoms with van der Waals surface area (Å²) in [6, 6.07) is 0. The fourth-order valence-corrected chi connectivity index (χ4v) is 2.38. The lowest BCUT2D eigenvalue weighted by molar-refractivity contribution is 0.730. The zero-order valence-corrected chi connectivity index (χ0v) is 10.7. The van der Waals surface area contributed by atoms with Crippen molar-refractivity contribution in [2.45, 2.75) is 33.2 Å². The number of aromatic nitrogens is 1. The maximum Gasteiger partial charge on any atom is 0.0521 e. The zero-order chi connectivity index (χ0) is 12.4. The monoisotopic (exact) mass is 228 g/mol. The number of fused-ring (bicyclic) bond motifs is 1. The molecule has 2 heterocycles. The van der Waals surface area contributed by atoms with Crippen LogP contribution in [0.2, 0.25) is 0 Å². The van der Waals surface area contributed by atoms with E-state index in [1.807, 2.05) is 6.20 Å². The molecule has 90 valence electrons. The van der Waals surface area contributed by atoms with E-state index in [2.05, 4.69) is 49.2 Å². The average molecular weight is 228 g/mol. The molecule has 1 aromatic rings. The highest BCUT2D eigenvalue weighted by atomic mass is 15.0. The minimum atomic E-state index is 0.904. The van der Waals surface area contributed by atoms with E-state index in [9.17, 15) is 0 Å². The Morgan fingerprint density at radius 2 is 2.24 bits per heavy atom. The van der Waals surface area contributed by atoms with Crippen molar-refractivity contribution >= 4 is 11.8 Å². The third-order valence-corrected chi connectivity index (χ3v) is 3.11. The fraction of sp³-hybridized carbons (Fsp3) is 0.333. The number of nitrogens with one attached hydrogen (secondary N) is 1. The third-order valence-electron chi connectivity index (χ3n) is 3.11. The molecular formula is C15H20N2. The number of nitrogens with zero attached hydrogens (tertiary/aromatic N) is 1. The molecule has 0 bridgehead atoms. The van der Waals surface area contributed by atoms with Gasteiger partial charge in [-0.25, -0.2) is 0 Å². The molecule has 0 amide bonds. The van der Waals surface area contributed by atoms with Crippen LogP contribution in [0, 0.1) is 6.92 Å². The minimum absolute atomic E-state index is 0.904. The van der Waals surface area contributed by atoms with Gasteiger partial charge in [-0.2, -0.15) is 0 Å². The summed E-state index contributed by atoms with van der Waals surface area (Å²) in [5.74, 6) is 0. The van der Waals surface area contributed by atoms with Gasteiger partial charge >= 0.3 is 0 Å². The SMILES string of the molecule is C=C(CCC)Cn1cc(C)c2c1C=CNC2=C. The molecule has 2 rings (SSSR count). The number of hydrogen-bond donors (Lipinski definition) is 1. The van der Waals surface area contributed by atoms with Gasteiger partial charge < -0.3 is 9.88 Å². The van der Waals surface area contributed by atoms with Crippen LogP contribution in [0.1, 0.15) is 36.6 Å². The van der Waals surface area contributed by atoms with Gasteiger partial charge in [0.1, 0.15) is 0 Å². The number of rotatable bonds is 4. The molecule has 1 aliphatic rings. The van der Waals surface area contributed by atoms with E-state index in [0.29, 0.717) is 0 Å². The lowest BCUT2D eigenvalue weighted by Gasteiger charge is -2.15. The number of allylic oxidation sites excluding steroid dienone is 1. The van der Waals surface area contributed by atoms with Crippen LogP contribution in [0.5, 0.6) is 0 Å². The Labute approximate surface area is 103 Å². The number of aryl methyl sites for hydroxylation is 1. The van der Waals surface area contributed by atoms with E-state index in [1.54, 1.807) is 0 Å². The maximum atomic E-state index is 4.13. The van der Waals surface area contributed by atoms with Crippen molar-refractivity contribution in [3.8, 4) is 0 Å². The summed E-state index contributed by atoms with van der Waals surface area (Å²) in [6.45, 7) is 13.4. The first-order valence-electron chi connectivity index (χ1n) is 6.12. The third kappa shape index (κ3) is 2.21. The highest BCUT2D eigenvalue weighted by molar-refractivity contribution is 5.77. The Hall–Kier alpha value is -1.70. The first-order valence-corrected chi connectivity index (χ1v) is 6.12. The van der Waals surface area contributed by atoms with E-state index < -0.39 is 0 Å². The molecule has 0 saturated heterocycles.